The van der Waals surface area contributed by atoms with Gasteiger partial charge in [0.05, 0.1) is 23.3 Å². The highest BCUT2D eigenvalue weighted by Crippen LogP contribution is 2.34. The fourth-order valence-electron chi connectivity index (χ4n) is 3.51. The van der Waals surface area contributed by atoms with Gasteiger partial charge in [0.15, 0.2) is 11.4 Å². The predicted octanol–water partition coefficient (Wildman–Crippen LogP) is 5.17. The minimum Gasteiger partial charge on any atom is -0.482 e. The molecule has 156 valence electrons. The number of ether oxygens (including phenoxy) is 1. The molecule has 30 heavy (non-hydrogen) atoms. The van der Waals surface area contributed by atoms with E-state index in [2.05, 4.69) is 41.0 Å². The number of carbonyl (C=O) groups excluding carboxylic acids is 1. The molecule has 0 aliphatic carbocycles. The number of thiazole rings is 1. The molecule has 1 aliphatic rings. The predicted molar refractivity (Wildman–Crippen MR) is 120 cm³/mol. The van der Waals surface area contributed by atoms with E-state index in [1.807, 2.05) is 30.3 Å². The summed E-state index contributed by atoms with van der Waals surface area (Å²) >= 11 is 1.62. The monoisotopic (exact) mass is 422 g/mol. The highest BCUT2D eigenvalue weighted by atomic mass is 32.1. The second kappa shape index (κ2) is 8.83. The van der Waals surface area contributed by atoms with Gasteiger partial charge in [0, 0.05) is 23.2 Å². The standard InChI is InChI=1S/C23H26N4O2S/c1-15(2)6-7-16(3)27-20(14-30-23(27)25-18-5-4-10-24-12-18)17-8-9-21-19(11-17)26-22(28)13-29-21/h4-5,8-12,14-16H,6-7,13H2,1-3H3,(H,26,28). The lowest BCUT2D eigenvalue weighted by Crippen LogP contribution is -2.25. The first-order chi connectivity index (χ1) is 14.5. The summed E-state index contributed by atoms with van der Waals surface area (Å²) in [7, 11) is 0. The summed E-state index contributed by atoms with van der Waals surface area (Å²) in [5, 5.41) is 5.04. The lowest BCUT2D eigenvalue weighted by atomic mass is 10.0. The molecule has 6 nitrogen and oxygen atoms in total. The van der Waals surface area contributed by atoms with Crippen LogP contribution in [0.15, 0.2) is 53.1 Å². The summed E-state index contributed by atoms with van der Waals surface area (Å²) in [4.78, 5) is 21.7. The molecule has 1 N–H and O–H groups in total. The Bertz CT molecular complexity index is 1100. The van der Waals surface area contributed by atoms with Crippen molar-refractivity contribution < 1.29 is 9.53 Å². The minimum atomic E-state index is -0.129. The van der Waals surface area contributed by atoms with Crippen LogP contribution in [-0.2, 0) is 4.79 Å². The van der Waals surface area contributed by atoms with Crippen LogP contribution in [0.2, 0.25) is 0 Å². The minimum absolute atomic E-state index is 0.0607. The van der Waals surface area contributed by atoms with Crippen molar-refractivity contribution >= 4 is 28.6 Å². The van der Waals surface area contributed by atoms with Crippen LogP contribution in [0.3, 0.4) is 0 Å². The van der Waals surface area contributed by atoms with Crippen LogP contribution in [-0.4, -0.2) is 22.1 Å². The van der Waals surface area contributed by atoms with Crippen LogP contribution in [0.4, 0.5) is 11.4 Å². The van der Waals surface area contributed by atoms with Gasteiger partial charge >= 0.3 is 0 Å². The average molecular weight is 423 g/mol. The van der Waals surface area contributed by atoms with Gasteiger partial charge in [0.1, 0.15) is 5.75 Å². The van der Waals surface area contributed by atoms with Crippen molar-refractivity contribution in [1.29, 1.82) is 0 Å². The first-order valence-electron chi connectivity index (χ1n) is 10.2. The molecular weight excluding hydrogens is 396 g/mol. The van der Waals surface area contributed by atoms with Crippen LogP contribution in [0.25, 0.3) is 11.3 Å². The number of nitrogens with one attached hydrogen (secondary N) is 1. The molecule has 1 aliphatic heterocycles. The van der Waals surface area contributed by atoms with E-state index >= 15 is 0 Å². The molecule has 0 fully saturated rings. The number of hydrogen-bond donors (Lipinski definition) is 1. The molecule has 0 saturated heterocycles. The third kappa shape index (κ3) is 4.46. The van der Waals surface area contributed by atoms with Gasteiger partial charge in [-0.05, 0) is 56.0 Å². The van der Waals surface area contributed by atoms with E-state index in [1.165, 1.54) is 0 Å². The van der Waals surface area contributed by atoms with E-state index in [-0.39, 0.29) is 18.6 Å². The Morgan fingerprint density at radius 1 is 1.27 bits per heavy atom. The van der Waals surface area contributed by atoms with Gasteiger partial charge in [0.2, 0.25) is 0 Å². The zero-order chi connectivity index (χ0) is 21.1. The molecule has 0 saturated carbocycles. The van der Waals surface area contributed by atoms with Crippen LogP contribution in [0.1, 0.15) is 39.7 Å². The Morgan fingerprint density at radius 3 is 2.90 bits per heavy atom. The molecular formula is C23H26N4O2S. The first-order valence-corrected chi connectivity index (χ1v) is 11.1. The van der Waals surface area contributed by atoms with Crippen molar-refractivity contribution in [3.63, 3.8) is 0 Å². The number of amides is 1. The van der Waals surface area contributed by atoms with Crippen molar-refractivity contribution in [1.82, 2.24) is 9.55 Å². The third-order valence-electron chi connectivity index (χ3n) is 5.12. The zero-order valence-corrected chi connectivity index (χ0v) is 18.3. The second-order valence-corrected chi connectivity index (χ2v) is 8.80. The van der Waals surface area contributed by atoms with Gasteiger partial charge in [0.25, 0.3) is 5.91 Å². The molecule has 0 spiro atoms. The quantitative estimate of drug-likeness (QED) is 0.596. The maximum Gasteiger partial charge on any atom is 0.262 e. The molecule has 1 unspecified atom stereocenters. The van der Waals surface area contributed by atoms with Crippen LogP contribution >= 0.6 is 11.3 Å². The lowest BCUT2D eigenvalue weighted by Gasteiger charge is -2.21. The van der Waals surface area contributed by atoms with Gasteiger partial charge in [-0.25, -0.2) is 4.99 Å². The summed E-state index contributed by atoms with van der Waals surface area (Å²) in [5.74, 6) is 1.22. The van der Waals surface area contributed by atoms with E-state index in [0.717, 1.165) is 34.6 Å². The number of fused-ring (bicyclic) bond motifs is 1. The van der Waals surface area contributed by atoms with Crippen LogP contribution < -0.4 is 14.9 Å². The largest absolute Gasteiger partial charge is 0.482 e. The molecule has 2 aromatic heterocycles. The first kappa shape index (κ1) is 20.3. The summed E-state index contributed by atoms with van der Waals surface area (Å²) < 4.78 is 7.81. The molecule has 0 radical (unpaired) electrons. The average Bonchev–Trinajstić information content (AvgIpc) is 3.15. The lowest BCUT2D eigenvalue weighted by molar-refractivity contribution is -0.118. The smallest absolute Gasteiger partial charge is 0.262 e. The number of benzene rings is 1. The molecule has 4 rings (SSSR count). The topological polar surface area (TPSA) is 68.5 Å². The van der Waals surface area contributed by atoms with E-state index in [9.17, 15) is 4.79 Å². The van der Waals surface area contributed by atoms with Crippen molar-refractivity contribution in [3.05, 3.63) is 52.9 Å². The van der Waals surface area contributed by atoms with E-state index in [0.29, 0.717) is 17.4 Å². The highest BCUT2D eigenvalue weighted by molar-refractivity contribution is 7.07. The normalized spacial score (nSPS) is 14.9. The maximum atomic E-state index is 11.7. The Labute approximate surface area is 180 Å². The van der Waals surface area contributed by atoms with Crippen LogP contribution in [0.5, 0.6) is 5.75 Å². The zero-order valence-electron chi connectivity index (χ0n) is 17.5. The second-order valence-electron chi connectivity index (χ2n) is 7.96. The third-order valence-corrected chi connectivity index (χ3v) is 5.96. The van der Waals surface area contributed by atoms with Crippen molar-refractivity contribution in [2.45, 2.75) is 39.7 Å². The molecule has 1 atom stereocenters. The van der Waals surface area contributed by atoms with E-state index in [1.54, 1.807) is 23.7 Å². The van der Waals surface area contributed by atoms with Crippen molar-refractivity contribution in [2.24, 2.45) is 10.9 Å². The molecule has 1 amide bonds. The van der Waals surface area contributed by atoms with Gasteiger partial charge in [-0.3, -0.25) is 9.78 Å². The van der Waals surface area contributed by atoms with Gasteiger partial charge in [-0.15, -0.1) is 11.3 Å². The highest BCUT2D eigenvalue weighted by Gasteiger charge is 2.19. The fraction of sp³-hybridized carbons (Fsp3) is 0.348. The maximum absolute atomic E-state index is 11.7. The van der Waals surface area contributed by atoms with Crippen LogP contribution in [0, 0.1) is 5.92 Å². The number of rotatable bonds is 6. The number of aromatic nitrogens is 2. The Hall–Kier alpha value is -2.93. The summed E-state index contributed by atoms with van der Waals surface area (Å²) in [6.07, 6.45) is 5.73. The summed E-state index contributed by atoms with van der Waals surface area (Å²) in [5.41, 5.74) is 3.66. The molecule has 1 aromatic carbocycles. The fourth-order valence-corrected chi connectivity index (χ4v) is 4.53. The van der Waals surface area contributed by atoms with Gasteiger partial charge in [-0.2, -0.15) is 0 Å². The van der Waals surface area contributed by atoms with E-state index < -0.39 is 0 Å². The molecule has 3 aromatic rings. The molecule has 0 bridgehead atoms. The van der Waals surface area contributed by atoms with Gasteiger partial charge in [-0.1, -0.05) is 13.8 Å². The Kier molecular flexibility index (Phi) is 5.99. The summed E-state index contributed by atoms with van der Waals surface area (Å²) in [6, 6.07) is 10.1. The number of nitrogens with zero attached hydrogens (tertiary/aromatic N) is 3. The summed E-state index contributed by atoms with van der Waals surface area (Å²) in [6.45, 7) is 6.80. The molecule has 7 heteroatoms. The van der Waals surface area contributed by atoms with Gasteiger partial charge < -0.3 is 14.6 Å². The number of hydrogen-bond acceptors (Lipinski definition) is 5. The number of anilines is 1. The van der Waals surface area contributed by atoms with E-state index in [4.69, 9.17) is 9.73 Å². The SMILES string of the molecule is CC(C)CCC(C)n1c(-c2ccc3c(c2)NC(=O)CO3)csc1=Nc1cccnc1. The number of carbonyl (C=O) groups is 1. The Balaban J connectivity index is 1.79. The Morgan fingerprint density at radius 2 is 2.13 bits per heavy atom. The number of pyridine rings is 1. The van der Waals surface area contributed by atoms with Crippen molar-refractivity contribution in [2.75, 3.05) is 11.9 Å². The van der Waals surface area contributed by atoms with Crippen molar-refractivity contribution in [3.8, 4) is 17.0 Å². The molecule has 3 heterocycles.